The standard InChI is InChI=1S/C30H32N2/c1-17(2)29-15-25-23-9-5-19(13-21(23)7-11-27(25)31-29)20-6-10-24-22(14-20)8-12-28-26(24)16-30(32-28)18(3)4/h5-7,9-11,13-14,17-18,26,28H,8,12,15-16H2,1-4H3. The Kier molecular flexibility index (Phi) is 4.61. The van der Waals surface area contributed by atoms with Gasteiger partial charge in [0.25, 0.3) is 0 Å². The van der Waals surface area contributed by atoms with Crippen molar-refractivity contribution in [2.24, 2.45) is 21.8 Å². The maximum Gasteiger partial charge on any atom is 0.0671 e. The van der Waals surface area contributed by atoms with E-state index >= 15 is 0 Å². The molecule has 2 unspecified atom stereocenters. The summed E-state index contributed by atoms with van der Waals surface area (Å²) in [7, 11) is 0. The molecule has 0 radical (unpaired) electrons. The molecule has 0 spiro atoms. The highest BCUT2D eigenvalue weighted by Gasteiger charge is 2.35. The van der Waals surface area contributed by atoms with Crippen molar-refractivity contribution in [1.82, 2.24) is 0 Å². The fourth-order valence-corrected chi connectivity index (χ4v) is 5.91. The lowest BCUT2D eigenvalue weighted by atomic mass is 9.77. The minimum absolute atomic E-state index is 0.506. The summed E-state index contributed by atoms with van der Waals surface area (Å²) in [6.07, 6.45) is 4.48. The van der Waals surface area contributed by atoms with Crippen molar-refractivity contribution in [3.05, 3.63) is 65.2 Å². The number of aryl methyl sites for hydroxylation is 1. The number of nitrogens with zero attached hydrogens (tertiary/aromatic N) is 2. The van der Waals surface area contributed by atoms with Gasteiger partial charge in [-0.05, 0) is 81.8 Å². The molecule has 162 valence electrons. The molecule has 2 heteroatoms. The second-order valence-electron chi connectivity index (χ2n) is 10.5. The van der Waals surface area contributed by atoms with Crippen molar-refractivity contribution in [3.63, 3.8) is 0 Å². The molecule has 0 N–H and O–H groups in total. The SMILES string of the molecule is CC(C)C1=Nc2ccc3cc(-c4ccc5c(c4)CCC4N=C(C(C)C)CC54)ccc3c2C1. The Labute approximate surface area is 191 Å². The number of hydrogen-bond acceptors (Lipinski definition) is 2. The lowest BCUT2D eigenvalue weighted by Crippen LogP contribution is -2.20. The van der Waals surface area contributed by atoms with Crippen LogP contribution in [0.15, 0.2) is 58.5 Å². The van der Waals surface area contributed by atoms with Gasteiger partial charge in [0.05, 0.1) is 11.7 Å². The van der Waals surface area contributed by atoms with Gasteiger partial charge in [0.2, 0.25) is 0 Å². The molecule has 2 atom stereocenters. The van der Waals surface area contributed by atoms with E-state index in [2.05, 4.69) is 76.2 Å². The molecular formula is C30H32N2. The highest BCUT2D eigenvalue weighted by atomic mass is 14.9. The summed E-state index contributed by atoms with van der Waals surface area (Å²) in [6, 6.07) is 19.1. The van der Waals surface area contributed by atoms with Crippen LogP contribution in [0.25, 0.3) is 21.9 Å². The van der Waals surface area contributed by atoms with Gasteiger partial charge in [0.1, 0.15) is 0 Å². The van der Waals surface area contributed by atoms with Crippen molar-refractivity contribution in [1.29, 1.82) is 0 Å². The summed E-state index contributed by atoms with van der Waals surface area (Å²) in [4.78, 5) is 9.95. The Morgan fingerprint density at radius 3 is 2.44 bits per heavy atom. The highest BCUT2D eigenvalue weighted by molar-refractivity contribution is 6.03. The quantitative estimate of drug-likeness (QED) is 0.415. The molecule has 1 aliphatic carbocycles. The lowest BCUT2D eigenvalue weighted by Gasteiger charge is -2.27. The van der Waals surface area contributed by atoms with Crippen molar-refractivity contribution in [2.75, 3.05) is 0 Å². The summed E-state index contributed by atoms with van der Waals surface area (Å²) in [5.74, 6) is 1.68. The fourth-order valence-electron chi connectivity index (χ4n) is 5.91. The van der Waals surface area contributed by atoms with E-state index in [0.717, 1.165) is 24.9 Å². The van der Waals surface area contributed by atoms with E-state index in [-0.39, 0.29) is 0 Å². The number of rotatable bonds is 3. The number of fused-ring (bicyclic) bond motifs is 6. The van der Waals surface area contributed by atoms with Crippen LogP contribution < -0.4 is 0 Å². The average molecular weight is 421 g/mol. The van der Waals surface area contributed by atoms with Crippen LogP contribution in [0.1, 0.15) is 63.1 Å². The second kappa shape index (κ2) is 7.40. The number of aliphatic imine (C=N–C) groups is 2. The third-order valence-electron chi connectivity index (χ3n) is 7.87. The zero-order valence-electron chi connectivity index (χ0n) is 19.7. The minimum Gasteiger partial charge on any atom is -0.290 e. The highest BCUT2D eigenvalue weighted by Crippen LogP contribution is 2.43. The van der Waals surface area contributed by atoms with Gasteiger partial charge in [-0.15, -0.1) is 0 Å². The van der Waals surface area contributed by atoms with E-state index < -0.39 is 0 Å². The van der Waals surface area contributed by atoms with E-state index in [9.17, 15) is 0 Å². The van der Waals surface area contributed by atoms with Crippen molar-refractivity contribution in [2.45, 2.75) is 65.3 Å². The Balaban J connectivity index is 1.32. The zero-order valence-corrected chi connectivity index (χ0v) is 19.7. The lowest BCUT2D eigenvalue weighted by molar-refractivity contribution is 0.510. The minimum atomic E-state index is 0.506. The molecule has 32 heavy (non-hydrogen) atoms. The molecule has 0 amide bonds. The van der Waals surface area contributed by atoms with Crippen LogP contribution in [0.5, 0.6) is 0 Å². The molecule has 6 rings (SSSR count). The maximum atomic E-state index is 5.08. The van der Waals surface area contributed by atoms with Crippen molar-refractivity contribution >= 4 is 27.9 Å². The van der Waals surface area contributed by atoms with Crippen LogP contribution in [0.2, 0.25) is 0 Å². The van der Waals surface area contributed by atoms with E-state index in [1.807, 2.05) is 0 Å². The molecule has 0 aromatic heterocycles. The molecule has 0 fully saturated rings. The molecule has 0 saturated heterocycles. The first kappa shape index (κ1) is 19.9. The van der Waals surface area contributed by atoms with Gasteiger partial charge < -0.3 is 0 Å². The average Bonchev–Trinajstić information content (AvgIpc) is 3.43. The molecule has 3 aromatic carbocycles. The molecule has 2 heterocycles. The van der Waals surface area contributed by atoms with E-state index in [0.29, 0.717) is 23.8 Å². The molecule has 3 aliphatic rings. The molecule has 3 aromatic rings. The normalized spacial score (nSPS) is 21.6. The summed E-state index contributed by atoms with van der Waals surface area (Å²) in [5.41, 5.74) is 11.0. The Bertz CT molecular complexity index is 1290. The molecular weight excluding hydrogens is 388 g/mol. The van der Waals surface area contributed by atoms with Gasteiger partial charge in [0, 0.05) is 23.8 Å². The van der Waals surface area contributed by atoms with Gasteiger partial charge in [-0.25, -0.2) is 0 Å². The predicted octanol–water partition coefficient (Wildman–Crippen LogP) is 7.69. The smallest absolute Gasteiger partial charge is 0.0671 e. The maximum absolute atomic E-state index is 5.08. The topological polar surface area (TPSA) is 24.7 Å². The zero-order chi connectivity index (χ0) is 22.0. The van der Waals surface area contributed by atoms with Gasteiger partial charge >= 0.3 is 0 Å². The first-order valence-electron chi connectivity index (χ1n) is 12.3. The van der Waals surface area contributed by atoms with Crippen LogP contribution in [-0.4, -0.2) is 17.5 Å². The van der Waals surface area contributed by atoms with Gasteiger partial charge in [-0.1, -0.05) is 64.1 Å². The van der Waals surface area contributed by atoms with Gasteiger partial charge in [-0.2, -0.15) is 0 Å². The van der Waals surface area contributed by atoms with E-state index in [1.54, 1.807) is 5.56 Å². The number of benzene rings is 3. The first-order chi connectivity index (χ1) is 15.5. The van der Waals surface area contributed by atoms with E-state index in [1.165, 1.54) is 50.9 Å². The third kappa shape index (κ3) is 3.15. The van der Waals surface area contributed by atoms with Gasteiger partial charge in [-0.3, -0.25) is 9.98 Å². The van der Waals surface area contributed by atoms with Gasteiger partial charge in [0.15, 0.2) is 0 Å². The van der Waals surface area contributed by atoms with Crippen LogP contribution in [0, 0.1) is 11.8 Å². The first-order valence-corrected chi connectivity index (χ1v) is 12.3. The van der Waals surface area contributed by atoms with Crippen LogP contribution >= 0.6 is 0 Å². The summed E-state index contributed by atoms with van der Waals surface area (Å²) < 4.78 is 0. The summed E-state index contributed by atoms with van der Waals surface area (Å²) in [5, 5.41) is 2.68. The van der Waals surface area contributed by atoms with Crippen LogP contribution in [0.3, 0.4) is 0 Å². The second-order valence-corrected chi connectivity index (χ2v) is 10.5. The Hall–Kier alpha value is -2.74. The fraction of sp³-hybridized carbons (Fsp3) is 0.400. The largest absolute Gasteiger partial charge is 0.290 e. The van der Waals surface area contributed by atoms with Crippen LogP contribution in [0.4, 0.5) is 5.69 Å². The predicted molar refractivity (Wildman–Crippen MR) is 137 cm³/mol. The molecule has 0 saturated carbocycles. The molecule has 2 aliphatic heterocycles. The number of hydrogen-bond donors (Lipinski definition) is 0. The van der Waals surface area contributed by atoms with E-state index in [4.69, 9.17) is 9.98 Å². The third-order valence-corrected chi connectivity index (χ3v) is 7.87. The van der Waals surface area contributed by atoms with Crippen molar-refractivity contribution < 1.29 is 0 Å². The molecule has 0 bridgehead atoms. The summed E-state index contributed by atoms with van der Waals surface area (Å²) in [6.45, 7) is 9.05. The summed E-state index contributed by atoms with van der Waals surface area (Å²) >= 11 is 0. The Morgan fingerprint density at radius 1 is 0.844 bits per heavy atom. The molecule has 2 nitrogen and oxygen atoms in total. The Morgan fingerprint density at radius 2 is 1.62 bits per heavy atom. The van der Waals surface area contributed by atoms with Crippen LogP contribution in [-0.2, 0) is 12.8 Å². The van der Waals surface area contributed by atoms with Crippen molar-refractivity contribution in [3.8, 4) is 11.1 Å². The monoisotopic (exact) mass is 420 g/mol.